The molecule has 0 saturated carbocycles. The van der Waals surface area contributed by atoms with Gasteiger partial charge in [-0.3, -0.25) is 0 Å². The standard InChI is InChI=1S/C12H20N2O4S/c1-2-5-13-10-11-3-4-12(18-11)19(15,16)14-6-8-17-9-7-14/h3-4,13H,2,5-10H2,1H3. The molecule has 1 saturated heterocycles. The second kappa shape index (κ2) is 6.51. The fourth-order valence-electron chi connectivity index (χ4n) is 1.89. The molecule has 1 aliphatic rings. The van der Waals surface area contributed by atoms with Gasteiger partial charge < -0.3 is 14.5 Å². The SMILES string of the molecule is CCCNCc1ccc(S(=O)(=O)N2CCOCC2)o1. The molecule has 0 aromatic carbocycles. The molecule has 1 aromatic heterocycles. The van der Waals surface area contributed by atoms with E-state index in [9.17, 15) is 8.42 Å². The van der Waals surface area contributed by atoms with Crippen molar-refractivity contribution in [3.05, 3.63) is 17.9 Å². The molecule has 2 heterocycles. The molecule has 1 aliphatic heterocycles. The Morgan fingerprint density at radius 1 is 1.32 bits per heavy atom. The van der Waals surface area contributed by atoms with E-state index in [1.54, 1.807) is 6.07 Å². The van der Waals surface area contributed by atoms with Gasteiger partial charge in [-0.25, -0.2) is 8.42 Å². The van der Waals surface area contributed by atoms with Gasteiger partial charge in [0, 0.05) is 13.1 Å². The topological polar surface area (TPSA) is 71.8 Å². The second-order valence-corrected chi connectivity index (χ2v) is 6.28. The largest absolute Gasteiger partial charge is 0.447 e. The van der Waals surface area contributed by atoms with Crippen LogP contribution in [0.5, 0.6) is 0 Å². The van der Waals surface area contributed by atoms with E-state index in [1.807, 2.05) is 0 Å². The third kappa shape index (κ3) is 3.56. The number of morpholine rings is 1. The molecule has 6 nitrogen and oxygen atoms in total. The lowest BCUT2D eigenvalue weighted by Gasteiger charge is -2.24. The molecule has 0 bridgehead atoms. The van der Waals surface area contributed by atoms with Crippen LogP contribution >= 0.6 is 0 Å². The lowest BCUT2D eigenvalue weighted by Crippen LogP contribution is -2.40. The molecular formula is C12H20N2O4S. The van der Waals surface area contributed by atoms with E-state index in [4.69, 9.17) is 9.15 Å². The average molecular weight is 288 g/mol. The van der Waals surface area contributed by atoms with Gasteiger partial charge in [0.2, 0.25) is 5.09 Å². The van der Waals surface area contributed by atoms with E-state index in [1.165, 1.54) is 10.4 Å². The Labute approximate surface area is 113 Å². The summed E-state index contributed by atoms with van der Waals surface area (Å²) in [5, 5.41) is 3.19. The minimum absolute atomic E-state index is 0.0164. The molecule has 108 valence electrons. The van der Waals surface area contributed by atoms with Crippen molar-refractivity contribution >= 4 is 10.0 Å². The van der Waals surface area contributed by atoms with Crippen molar-refractivity contribution < 1.29 is 17.6 Å². The molecule has 2 rings (SSSR count). The van der Waals surface area contributed by atoms with Gasteiger partial charge in [-0.05, 0) is 25.1 Å². The van der Waals surface area contributed by atoms with E-state index in [0.717, 1.165) is 13.0 Å². The minimum atomic E-state index is -3.51. The fraction of sp³-hybridized carbons (Fsp3) is 0.667. The molecule has 0 unspecified atom stereocenters. The first kappa shape index (κ1) is 14.5. The Morgan fingerprint density at radius 3 is 2.74 bits per heavy atom. The van der Waals surface area contributed by atoms with Gasteiger partial charge in [0.15, 0.2) is 0 Å². The highest BCUT2D eigenvalue weighted by atomic mass is 32.2. The quantitative estimate of drug-likeness (QED) is 0.784. The summed E-state index contributed by atoms with van der Waals surface area (Å²) in [5.74, 6) is 0.639. The normalized spacial score (nSPS) is 17.7. The van der Waals surface area contributed by atoms with Crippen LogP contribution in [-0.2, 0) is 21.3 Å². The van der Waals surface area contributed by atoms with Crippen LogP contribution in [0.25, 0.3) is 0 Å². The van der Waals surface area contributed by atoms with Gasteiger partial charge in [0.25, 0.3) is 10.0 Å². The van der Waals surface area contributed by atoms with Crippen molar-refractivity contribution in [2.45, 2.75) is 25.0 Å². The first-order valence-corrected chi connectivity index (χ1v) is 7.96. The van der Waals surface area contributed by atoms with Crippen molar-refractivity contribution in [1.29, 1.82) is 0 Å². The number of hydrogen-bond donors (Lipinski definition) is 1. The van der Waals surface area contributed by atoms with Crippen LogP contribution in [0.1, 0.15) is 19.1 Å². The van der Waals surface area contributed by atoms with Crippen molar-refractivity contribution in [3.8, 4) is 0 Å². The van der Waals surface area contributed by atoms with Crippen molar-refractivity contribution in [3.63, 3.8) is 0 Å². The van der Waals surface area contributed by atoms with Crippen LogP contribution in [0.2, 0.25) is 0 Å². The predicted molar refractivity (Wildman–Crippen MR) is 70.3 cm³/mol. The maximum atomic E-state index is 12.3. The number of ether oxygens (including phenoxy) is 1. The number of sulfonamides is 1. The van der Waals surface area contributed by atoms with Gasteiger partial charge in [-0.1, -0.05) is 6.92 Å². The summed E-state index contributed by atoms with van der Waals surface area (Å²) >= 11 is 0. The van der Waals surface area contributed by atoms with E-state index in [0.29, 0.717) is 38.6 Å². The van der Waals surface area contributed by atoms with Crippen molar-refractivity contribution in [1.82, 2.24) is 9.62 Å². The first-order chi connectivity index (χ1) is 9.14. The molecule has 1 fully saturated rings. The fourth-order valence-corrected chi connectivity index (χ4v) is 3.23. The number of furan rings is 1. The zero-order chi connectivity index (χ0) is 13.7. The van der Waals surface area contributed by atoms with Crippen LogP contribution in [0.4, 0.5) is 0 Å². The monoisotopic (exact) mass is 288 g/mol. The summed E-state index contributed by atoms with van der Waals surface area (Å²) < 4.78 is 36.5. The number of rotatable bonds is 6. The number of nitrogens with zero attached hydrogens (tertiary/aromatic N) is 1. The highest BCUT2D eigenvalue weighted by molar-refractivity contribution is 7.89. The Hall–Kier alpha value is -0.890. The van der Waals surface area contributed by atoms with Gasteiger partial charge in [0.05, 0.1) is 19.8 Å². The van der Waals surface area contributed by atoms with Crippen LogP contribution in [-0.4, -0.2) is 45.6 Å². The van der Waals surface area contributed by atoms with E-state index in [2.05, 4.69) is 12.2 Å². The minimum Gasteiger partial charge on any atom is -0.447 e. The summed E-state index contributed by atoms with van der Waals surface area (Å²) in [6.45, 7) is 5.14. The summed E-state index contributed by atoms with van der Waals surface area (Å²) in [5.41, 5.74) is 0. The Kier molecular flexibility index (Phi) is 4.98. The third-order valence-corrected chi connectivity index (χ3v) is 4.70. The zero-order valence-electron chi connectivity index (χ0n) is 11.1. The van der Waals surface area contributed by atoms with Crippen LogP contribution < -0.4 is 5.32 Å². The lowest BCUT2D eigenvalue weighted by atomic mass is 10.4. The third-order valence-electron chi connectivity index (χ3n) is 2.93. The summed E-state index contributed by atoms with van der Waals surface area (Å²) in [6, 6.07) is 3.23. The Bertz CT molecular complexity index is 492. The van der Waals surface area contributed by atoms with Crippen molar-refractivity contribution in [2.24, 2.45) is 0 Å². The molecular weight excluding hydrogens is 268 g/mol. The van der Waals surface area contributed by atoms with Crippen LogP contribution in [0, 0.1) is 0 Å². The molecule has 1 N–H and O–H groups in total. The van der Waals surface area contributed by atoms with E-state index >= 15 is 0 Å². The van der Waals surface area contributed by atoms with E-state index in [-0.39, 0.29) is 5.09 Å². The molecule has 0 spiro atoms. The van der Waals surface area contributed by atoms with E-state index < -0.39 is 10.0 Å². The van der Waals surface area contributed by atoms with Crippen LogP contribution in [0.3, 0.4) is 0 Å². The maximum absolute atomic E-state index is 12.3. The zero-order valence-corrected chi connectivity index (χ0v) is 11.9. The van der Waals surface area contributed by atoms with Crippen molar-refractivity contribution in [2.75, 3.05) is 32.8 Å². The summed E-state index contributed by atoms with van der Waals surface area (Å²) in [6.07, 6.45) is 1.03. The summed E-state index contributed by atoms with van der Waals surface area (Å²) in [4.78, 5) is 0. The molecule has 1 aromatic rings. The maximum Gasteiger partial charge on any atom is 0.276 e. The number of nitrogens with one attached hydrogen (secondary N) is 1. The first-order valence-electron chi connectivity index (χ1n) is 6.52. The van der Waals surface area contributed by atoms with Gasteiger partial charge in [0.1, 0.15) is 5.76 Å². The smallest absolute Gasteiger partial charge is 0.276 e. The number of hydrogen-bond acceptors (Lipinski definition) is 5. The predicted octanol–water partition coefficient (Wildman–Crippen LogP) is 0.800. The Morgan fingerprint density at radius 2 is 2.05 bits per heavy atom. The molecule has 0 atom stereocenters. The van der Waals surface area contributed by atoms with Gasteiger partial charge >= 0.3 is 0 Å². The van der Waals surface area contributed by atoms with Gasteiger partial charge in [-0.2, -0.15) is 4.31 Å². The molecule has 19 heavy (non-hydrogen) atoms. The lowest BCUT2D eigenvalue weighted by molar-refractivity contribution is 0.0723. The van der Waals surface area contributed by atoms with Crippen LogP contribution in [0.15, 0.2) is 21.6 Å². The molecule has 0 aliphatic carbocycles. The molecule has 0 amide bonds. The summed E-state index contributed by atoms with van der Waals surface area (Å²) in [7, 11) is -3.51. The molecule has 0 radical (unpaired) electrons. The highest BCUT2D eigenvalue weighted by Gasteiger charge is 2.29. The van der Waals surface area contributed by atoms with Gasteiger partial charge in [-0.15, -0.1) is 0 Å². The average Bonchev–Trinajstić information content (AvgIpc) is 2.90. The second-order valence-electron chi connectivity index (χ2n) is 4.41. The molecule has 7 heteroatoms. The Balaban J connectivity index is 2.03. The highest BCUT2D eigenvalue weighted by Crippen LogP contribution is 2.19.